The first-order valence-electron chi connectivity index (χ1n) is 8.59. The minimum absolute atomic E-state index is 0.0367. The summed E-state index contributed by atoms with van der Waals surface area (Å²) in [5.41, 5.74) is 2.21. The average molecular weight is 349 g/mol. The molecular formula is C20H23N5O. The van der Waals surface area contributed by atoms with Crippen molar-refractivity contribution in [2.75, 3.05) is 18.9 Å². The molecule has 2 aromatic heterocycles. The number of anilines is 1. The van der Waals surface area contributed by atoms with Crippen LogP contribution in [-0.4, -0.2) is 39.2 Å². The first-order valence-corrected chi connectivity index (χ1v) is 8.59. The molecule has 26 heavy (non-hydrogen) atoms. The number of nitrogens with one attached hydrogen (secondary N) is 1. The molecule has 0 aliphatic rings. The summed E-state index contributed by atoms with van der Waals surface area (Å²) in [6, 6.07) is 15.8. The van der Waals surface area contributed by atoms with Gasteiger partial charge in [0.05, 0.1) is 18.8 Å². The summed E-state index contributed by atoms with van der Waals surface area (Å²) in [5, 5.41) is 7.33. The molecule has 1 amide bonds. The summed E-state index contributed by atoms with van der Waals surface area (Å²) in [7, 11) is 1.91. The Morgan fingerprint density at radius 2 is 1.96 bits per heavy atom. The van der Waals surface area contributed by atoms with Gasteiger partial charge in [0.2, 0.25) is 5.91 Å². The molecule has 1 atom stereocenters. The van der Waals surface area contributed by atoms with Crippen LogP contribution in [0, 0.1) is 0 Å². The van der Waals surface area contributed by atoms with Crippen LogP contribution in [0.4, 0.5) is 5.82 Å². The highest BCUT2D eigenvalue weighted by Gasteiger charge is 2.15. The van der Waals surface area contributed by atoms with Gasteiger partial charge in [-0.25, -0.2) is 4.68 Å². The van der Waals surface area contributed by atoms with Gasteiger partial charge in [-0.2, -0.15) is 5.10 Å². The molecule has 6 heteroatoms. The second kappa shape index (κ2) is 8.40. The monoisotopic (exact) mass is 349 g/mol. The Hall–Kier alpha value is -2.99. The van der Waals surface area contributed by atoms with E-state index in [9.17, 15) is 4.79 Å². The van der Waals surface area contributed by atoms with Crippen molar-refractivity contribution in [1.82, 2.24) is 19.7 Å². The van der Waals surface area contributed by atoms with E-state index in [1.807, 2.05) is 59.2 Å². The number of carbonyl (C=O) groups excluding carboxylic acids is 1. The van der Waals surface area contributed by atoms with E-state index >= 15 is 0 Å². The number of pyridine rings is 1. The standard InChI is InChI=1S/C20H23N5O/c1-16(18-8-4-3-5-9-18)25-19(10-12-22-25)23-20(26)15-24(2)14-17-7-6-11-21-13-17/h3-13,16H,14-15H2,1-2H3,(H,23,26). The topological polar surface area (TPSA) is 63.1 Å². The van der Waals surface area contributed by atoms with Gasteiger partial charge in [-0.1, -0.05) is 36.4 Å². The van der Waals surface area contributed by atoms with Crippen LogP contribution >= 0.6 is 0 Å². The number of aromatic nitrogens is 3. The SMILES string of the molecule is CC(c1ccccc1)n1nccc1NC(=O)CN(C)Cc1cccnc1. The van der Waals surface area contributed by atoms with Gasteiger partial charge in [-0.15, -0.1) is 0 Å². The fraction of sp³-hybridized carbons (Fsp3) is 0.250. The number of hydrogen-bond donors (Lipinski definition) is 1. The van der Waals surface area contributed by atoms with Crippen molar-refractivity contribution in [3.05, 3.63) is 78.2 Å². The molecule has 0 saturated heterocycles. The first kappa shape index (κ1) is 17.8. The molecule has 1 aromatic carbocycles. The molecule has 2 heterocycles. The van der Waals surface area contributed by atoms with Crippen molar-refractivity contribution < 1.29 is 4.79 Å². The number of amides is 1. The molecule has 1 unspecified atom stereocenters. The first-order chi connectivity index (χ1) is 12.6. The Kier molecular flexibility index (Phi) is 5.76. The predicted molar refractivity (Wildman–Crippen MR) is 102 cm³/mol. The minimum atomic E-state index is -0.0709. The zero-order valence-electron chi connectivity index (χ0n) is 15.0. The number of hydrogen-bond acceptors (Lipinski definition) is 4. The second-order valence-corrected chi connectivity index (χ2v) is 6.33. The van der Waals surface area contributed by atoms with Gasteiger partial charge in [0.15, 0.2) is 0 Å². The van der Waals surface area contributed by atoms with E-state index in [-0.39, 0.29) is 11.9 Å². The van der Waals surface area contributed by atoms with Crippen molar-refractivity contribution in [2.45, 2.75) is 19.5 Å². The van der Waals surface area contributed by atoms with E-state index in [0.29, 0.717) is 18.9 Å². The molecule has 0 spiro atoms. The average Bonchev–Trinajstić information content (AvgIpc) is 3.10. The molecule has 0 bridgehead atoms. The van der Waals surface area contributed by atoms with Gasteiger partial charge in [0.25, 0.3) is 0 Å². The van der Waals surface area contributed by atoms with Crippen molar-refractivity contribution >= 4 is 11.7 Å². The molecular weight excluding hydrogens is 326 g/mol. The van der Waals surface area contributed by atoms with Crippen molar-refractivity contribution in [2.24, 2.45) is 0 Å². The lowest BCUT2D eigenvalue weighted by Gasteiger charge is -2.19. The number of carbonyl (C=O) groups is 1. The van der Waals surface area contributed by atoms with Crippen LogP contribution in [0.1, 0.15) is 24.1 Å². The summed E-state index contributed by atoms with van der Waals surface area (Å²) in [5.74, 6) is 0.625. The van der Waals surface area contributed by atoms with Crippen molar-refractivity contribution in [1.29, 1.82) is 0 Å². The molecule has 0 fully saturated rings. The Morgan fingerprint density at radius 1 is 1.15 bits per heavy atom. The molecule has 3 rings (SSSR count). The fourth-order valence-corrected chi connectivity index (χ4v) is 2.88. The molecule has 3 aromatic rings. The lowest BCUT2D eigenvalue weighted by Crippen LogP contribution is -2.30. The molecule has 6 nitrogen and oxygen atoms in total. The summed E-state index contributed by atoms with van der Waals surface area (Å²) in [6.07, 6.45) is 5.25. The van der Waals surface area contributed by atoms with E-state index in [2.05, 4.69) is 34.5 Å². The van der Waals surface area contributed by atoms with Gasteiger partial charge in [-0.05, 0) is 31.2 Å². The summed E-state index contributed by atoms with van der Waals surface area (Å²) < 4.78 is 1.83. The quantitative estimate of drug-likeness (QED) is 0.712. The smallest absolute Gasteiger partial charge is 0.239 e. The van der Waals surface area contributed by atoms with Gasteiger partial charge in [-0.3, -0.25) is 14.7 Å². The van der Waals surface area contributed by atoms with E-state index in [1.54, 1.807) is 12.4 Å². The third-order valence-corrected chi connectivity index (χ3v) is 4.18. The minimum Gasteiger partial charge on any atom is -0.310 e. The zero-order chi connectivity index (χ0) is 18.4. The predicted octanol–water partition coefficient (Wildman–Crippen LogP) is 2.96. The molecule has 134 valence electrons. The van der Waals surface area contributed by atoms with Gasteiger partial charge in [0.1, 0.15) is 5.82 Å². The third kappa shape index (κ3) is 4.55. The fourth-order valence-electron chi connectivity index (χ4n) is 2.88. The van der Waals surface area contributed by atoms with Crippen LogP contribution in [0.15, 0.2) is 67.1 Å². The van der Waals surface area contributed by atoms with E-state index in [0.717, 1.165) is 11.1 Å². The number of benzene rings is 1. The highest BCUT2D eigenvalue weighted by atomic mass is 16.2. The van der Waals surface area contributed by atoms with E-state index < -0.39 is 0 Å². The normalized spacial score (nSPS) is 12.1. The Bertz CT molecular complexity index is 832. The maximum absolute atomic E-state index is 12.4. The summed E-state index contributed by atoms with van der Waals surface area (Å²) in [4.78, 5) is 18.5. The zero-order valence-corrected chi connectivity index (χ0v) is 15.0. The number of likely N-dealkylation sites (N-methyl/N-ethyl adjacent to an activating group) is 1. The third-order valence-electron chi connectivity index (χ3n) is 4.18. The maximum Gasteiger partial charge on any atom is 0.239 e. The van der Waals surface area contributed by atoms with Crippen LogP contribution < -0.4 is 5.32 Å². The van der Waals surface area contributed by atoms with Crippen molar-refractivity contribution in [3.63, 3.8) is 0 Å². The Labute approximate surface area is 153 Å². The van der Waals surface area contributed by atoms with Crippen LogP contribution in [0.5, 0.6) is 0 Å². The van der Waals surface area contributed by atoms with Crippen LogP contribution in [-0.2, 0) is 11.3 Å². The summed E-state index contributed by atoms with van der Waals surface area (Å²) in [6.45, 7) is 3.02. The van der Waals surface area contributed by atoms with Crippen LogP contribution in [0.2, 0.25) is 0 Å². The summed E-state index contributed by atoms with van der Waals surface area (Å²) >= 11 is 0. The lowest BCUT2D eigenvalue weighted by atomic mass is 10.1. The number of rotatable bonds is 7. The highest BCUT2D eigenvalue weighted by Crippen LogP contribution is 2.21. The van der Waals surface area contributed by atoms with Gasteiger partial charge < -0.3 is 5.32 Å². The molecule has 0 aliphatic heterocycles. The van der Waals surface area contributed by atoms with E-state index in [4.69, 9.17) is 0 Å². The molecule has 0 saturated carbocycles. The maximum atomic E-state index is 12.4. The van der Waals surface area contributed by atoms with Crippen molar-refractivity contribution in [3.8, 4) is 0 Å². The van der Waals surface area contributed by atoms with Gasteiger partial charge >= 0.3 is 0 Å². The largest absolute Gasteiger partial charge is 0.310 e. The number of nitrogens with zero attached hydrogens (tertiary/aromatic N) is 4. The Balaban J connectivity index is 1.61. The molecule has 1 N–H and O–H groups in total. The van der Waals surface area contributed by atoms with E-state index in [1.165, 1.54) is 0 Å². The van der Waals surface area contributed by atoms with Gasteiger partial charge in [0, 0.05) is 25.0 Å². The molecule has 0 aliphatic carbocycles. The highest BCUT2D eigenvalue weighted by molar-refractivity contribution is 5.91. The van der Waals surface area contributed by atoms with Crippen LogP contribution in [0.3, 0.4) is 0 Å². The Morgan fingerprint density at radius 3 is 2.69 bits per heavy atom. The lowest BCUT2D eigenvalue weighted by molar-refractivity contribution is -0.117. The second-order valence-electron chi connectivity index (χ2n) is 6.33. The molecule has 0 radical (unpaired) electrons. The van der Waals surface area contributed by atoms with Crippen LogP contribution in [0.25, 0.3) is 0 Å².